The van der Waals surface area contributed by atoms with Gasteiger partial charge < -0.3 is 4.74 Å². The van der Waals surface area contributed by atoms with Crippen LogP contribution in [0.25, 0.3) is 0 Å². The molecule has 1 saturated carbocycles. The van der Waals surface area contributed by atoms with Crippen molar-refractivity contribution in [1.29, 1.82) is 0 Å². The van der Waals surface area contributed by atoms with Crippen molar-refractivity contribution in [3.63, 3.8) is 0 Å². The molecule has 0 unspecified atom stereocenters. The topological polar surface area (TPSA) is 75.7 Å². The highest BCUT2D eigenvalue weighted by atomic mass is 32.2. The zero-order valence-corrected chi connectivity index (χ0v) is 20.7. The molecule has 1 aliphatic carbocycles. The summed E-state index contributed by atoms with van der Waals surface area (Å²) >= 11 is 0. The van der Waals surface area contributed by atoms with Crippen LogP contribution in [0.3, 0.4) is 0 Å². The molecule has 9 heteroatoms. The molecule has 0 aliphatic heterocycles. The van der Waals surface area contributed by atoms with Gasteiger partial charge in [-0.25, -0.2) is 26.7 Å². The molecule has 0 heterocycles. The minimum absolute atomic E-state index is 0.0286. The van der Waals surface area contributed by atoms with E-state index in [9.17, 15) is 22.0 Å². The fourth-order valence-corrected chi connectivity index (χ4v) is 5.04. The molecule has 0 bridgehead atoms. The molecule has 0 saturated heterocycles. The Morgan fingerprint density at radius 2 is 1.65 bits per heavy atom. The van der Waals surface area contributed by atoms with E-state index in [1.807, 2.05) is 24.3 Å². The van der Waals surface area contributed by atoms with Gasteiger partial charge in [-0.1, -0.05) is 60.7 Å². The standard InChI is InChI=1S/C25H32F2N2O4S/c1-18(20-13-9-6-10-14-20)29(23(30)33-17-19-11-7-5-8-12-19)22-16-25(26,27)15-21(22)28-34(31,32)24(2,3)4/h5-14,18,21-22,28H,15-17H2,1-4H3/t18-,21+,22+/m1/s1. The van der Waals surface area contributed by atoms with E-state index < -0.39 is 57.8 Å². The van der Waals surface area contributed by atoms with Crippen LogP contribution in [0.15, 0.2) is 60.7 Å². The highest BCUT2D eigenvalue weighted by Crippen LogP contribution is 2.41. The fourth-order valence-electron chi connectivity index (χ4n) is 4.04. The number of rotatable bonds is 7. The third kappa shape index (κ3) is 6.13. The molecule has 2 aromatic rings. The van der Waals surface area contributed by atoms with E-state index in [-0.39, 0.29) is 6.61 Å². The number of ether oxygens (including phenoxy) is 1. The minimum atomic E-state index is -3.93. The number of halogens is 2. The highest BCUT2D eigenvalue weighted by molar-refractivity contribution is 7.90. The molecule has 2 aromatic carbocycles. The van der Waals surface area contributed by atoms with Gasteiger partial charge in [0.25, 0.3) is 5.92 Å². The Bertz CT molecular complexity index is 1070. The van der Waals surface area contributed by atoms with Crippen molar-refractivity contribution in [2.24, 2.45) is 0 Å². The largest absolute Gasteiger partial charge is 0.445 e. The van der Waals surface area contributed by atoms with Crippen molar-refractivity contribution < 1.29 is 26.7 Å². The van der Waals surface area contributed by atoms with Gasteiger partial charge in [0.15, 0.2) is 0 Å². The lowest BCUT2D eigenvalue weighted by Gasteiger charge is -2.37. The summed E-state index contributed by atoms with van der Waals surface area (Å²) < 4.78 is 61.7. The molecule has 34 heavy (non-hydrogen) atoms. The van der Waals surface area contributed by atoms with Crippen LogP contribution in [0.4, 0.5) is 13.6 Å². The maximum absolute atomic E-state index is 14.6. The lowest BCUT2D eigenvalue weighted by molar-refractivity contribution is -0.00284. The molecule has 0 aromatic heterocycles. The Balaban J connectivity index is 1.94. The Morgan fingerprint density at radius 1 is 1.09 bits per heavy atom. The number of carbonyl (C=O) groups excluding carboxylic acids is 1. The molecule has 0 spiro atoms. The Hall–Kier alpha value is -2.52. The monoisotopic (exact) mass is 494 g/mol. The number of alkyl halides is 2. The first-order chi connectivity index (χ1) is 15.8. The van der Waals surface area contributed by atoms with Crippen molar-refractivity contribution in [3.05, 3.63) is 71.8 Å². The van der Waals surface area contributed by atoms with Crippen molar-refractivity contribution in [2.75, 3.05) is 0 Å². The highest BCUT2D eigenvalue weighted by Gasteiger charge is 2.53. The summed E-state index contributed by atoms with van der Waals surface area (Å²) in [5, 5.41) is 0. The van der Waals surface area contributed by atoms with Crippen LogP contribution < -0.4 is 4.72 Å². The van der Waals surface area contributed by atoms with E-state index in [0.717, 1.165) is 11.1 Å². The summed E-state index contributed by atoms with van der Waals surface area (Å²) in [6, 6.07) is 15.2. The second kappa shape index (κ2) is 10.00. The molecular formula is C25H32F2N2O4S. The van der Waals surface area contributed by atoms with Crippen LogP contribution in [0.1, 0.15) is 57.7 Å². The second-order valence-electron chi connectivity index (χ2n) is 9.71. The average Bonchev–Trinajstić information content (AvgIpc) is 3.05. The molecule has 3 rings (SSSR count). The summed E-state index contributed by atoms with van der Waals surface area (Å²) in [4.78, 5) is 14.6. The van der Waals surface area contributed by atoms with Crippen LogP contribution in [0, 0.1) is 0 Å². The van der Waals surface area contributed by atoms with E-state index >= 15 is 0 Å². The number of hydrogen-bond acceptors (Lipinski definition) is 4. The number of nitrogens with one attached hydrogen (secondary N) is 1. The lowest BCUT2D eigenvalue weighted by Crippen LogP contribution is -2.54. The molecule has 1 fully saturated rings. The van der Waals surface area contributed by atoms with Crippen LogP contribution in [0.2, 0.25) is 0 Å². The summed E-state index contributed by atoms with van der Waals surface area (Å²) in [7, 11) is -3.93. The molecule has 1 N–H and O–H groups in total. The first-order valence-electron chi connectivity index (χ1n) is 11.2. The SMILES string of the molecule is C[C@H](c1ccccc1)N(C(=O)OCc1ccccc1)[C@H]1CC(F)(F)C[C@@H]1NS(=O)(=O)C(C)(C)C. The molecular weight excluding hydrogens is 462 g/mol. The quantitative estimate of drug-likeness (QED) is 0.569. The Morgan fingerprint density at radius 3 is 2.21 bits per heavy atom. The van der Waals surface area contributed by atoms with Gasteiger partial charge >= 0.3 is 6.09 Å². The summed E-state index contributed by atoms with van der Waals surface area (Å²) in [6.07, 6.45) is -2.14. The molecule has 186 valence electrons. The first-order valence-corrected chi connectivity index (χ1v) is 12.7. The van der Waals surface area contributed by atoms with Gasteiger partial charge in [0.2, 0.25) is 10.0 Å². The fraction of sp³-hybridized carbons (Fsp3) is 0.480. The molecule has 0 radical (unpaired) electrons. The van der Waals surface area contributed by atoms with E-state index in [1.54, 1.807) is 43.3 Å². The van der Waals surface area contributed by atoms with Gasteiger partial charge in [0, 0.05) is 18.9 Å². The van der Waals surface area contributed by atoms with Gasteiger partial charge in [-0.05, 0) is 38.8 Å². The van der Waals surface area contributed by atoms with E-state index in [4.69, 9.17) is 4.74 Å². The van der Waals surface area contributed by atoms with Crippen LogP contribution in [-0.4, -0.2) is 42.2 Å². The summed E-state index contributed by atoms with van der Waals surface area (Å²) in [5.74, 6) is -3.13. The number of sulfonamides is 1. The van der Waals surface area contributed by atoms with Crippen molar-refractivity contribution in [3.8, 4) is 0 Å². The first kappa shape index (κ1) is 26.1. The molecule has 1 amide bonds. The number of hydrogen-bond donors (Lipinski definition) is 1. The number of carbonyl (C=O) groups is 1. The van der Waals surface area contributed by atoms with Crippen LogP contribution in [-0.2, 0) is 21.4 Å². The summed E-state index contributed by atoms with van der Waals surface area (Å²) in [5.41, 5.74) is 1.48. The molecule has 1 aliphatic rings. The van der Waals surface area contributed by atoms with Crippen LogP contribution >= 0.6 is 0 Å². The summed E-state index contributed by atoms with van der Waals surface area (Å²) in [6.45, 7) is 6.19. The molecule has 6 nitrogen and oxygen atoms in total. The zero-order valence-electron chi connectivity index (χ0n) is 19.9. The average molecular weight is 495 g/mol. The molecule has 3 atom stereocenters. The smallest absolute Gasteiger partial charge is 0.410 e. The van der Waals surface area contributed by atoms with Crippen molar-refractivity contribution >= 4 is 16.1 Å². The maximum Gasteiger partial charge on any atom is 0.410 e. The van der Waals surface area contributed by atoms with Crippen molar-refractivity contribution in [1.82, 2.24) is 9.62 Å². The van der Waals surface area contributed by atoms with E-state index in [1.165, 1.54) is 25.7 Å². The number of nitrogens with zero attached hydrogens (tertiary/aromatic N) is 1. The Labute approximate surface area is 200 Å². The van der Waals surface area contributed by atoms with Crippen LogP contribution in [0.5, 0.6) is 0 Å². The van der Waals surface area contributed by atoms with Gasteiger partial charge in [0.1, 0.15) is 6.61 Å². The predicted molar refractivity (Wildman–Crippen MR) is 127 cm³/mol. The normalized spacial score (nSPS) is 21.1. The lowest BCUT2D eigenvalue weighted by atomic mass is 10.0. The minimum Gasteiger partial charge on any atom is -0.445 e. The van der Waals surface area contributed by atoms with E-state index in [2.05, 4.69) is 4.72 Å². The zero-order chi connectivity index (χ0) is 25.1. The van der Waals surface area contributed by atoms with Crippen molar-refractivity contribution in [2.45, 2.75) is 75.9 Å². The Kier molecular flexibility index (Phi) is 7.67. The van der Waals surface area contributed by atoms with Gasteiger partial charge in [0.05, 0.1) is 16.8 Å². The van der Waals surface area contributed by atoms with Gasteiger partial charge in [-0.15, -0.1) is 0 Å². The maximum atomic E-state index is 14.6. The van der Waals surface area contributed by atoms with Gasteiger partial charge in [-0.3, -0.25) is 4.90 Å². The number of benzene rings is 2. The second-order valence-corrected chi connectivity index (χ2v) is 12.2. The number of amides is 1. The third-order valence-electron chi connectivity index (χ3n) is 6.08. The third-order valence-corrected chi connectivity index (χ3v) is 8.30. The van der Waals surface area contributed by atoms with Gasteiger partial charge in [-0.2, -0.15) is 0 Å². The van der Waals surface area contributed by atoms with E-state index in [0.29, 0.717) is 0 Å². The predicted octanol–water partition coefficient (Wildman–Crippen LogP) is 5.27.